The molecule has 2 aromatic rings. The molecule has 0 aromatic heterocycles. The lowest BCUT2D eigenvalue weighted by Gasteiger charge is -2.05. The topological polar surface area (TPSA) is 40.5 Å². The Morgan fingerprint density at radius 1 is 0.867 bits per heavy atom. The molecule has 2 nitrogen and oxygen atoms in total. The van der Waals surface area contributed by atoms with Gasteiger partial charge in [0, 0.05) is 5.56 Å². The number of aromatic hydroxyl groups is 1. The van der Waals surface area contributed by atoms with E-state index in [1.54, 1.807) is 12.1 Å². The number of phenols is 1. The summed E-state index contributed by atoms with van der Waals surface area (Å²) >= 11 is 0. The molecule has 0 saturated heterocycles. The minimum absolute atomic E-state index is 0.138. The van der Waals surface area contributed by atoms with E-state index < -0.39 is 0 Å². The second-order valence-corrected chi connectivity index (χ2v) is 3.37. The molecule has 0 aliphatic rings. The summed E-state index contributed by atoms with van der Waals surface area (Å²) in [5.41, 5.74) is 2.55. The van der Waals surface area contributed by atoms with Crippen LogP contribution < -0.4 is 0 Å². The fraction of sp³-hybridized carbons (Fsp3) is 0.0769. The number of aliphatic hydroxyl groups is 1. The first-order valence-electron chi connectivity index (χ1n) is 4.79. The van der Waals surface area contributed by atoms with Crippen molar-refractivity contribution in [3.8, 4) is 16.9 Å². The molecule has 0 heterocycles. The van der Waals surface area contributed by atoms with E-state index in [2.05, 4.69) is 0 Å². The van der Waals surface area contributed by atoms with Gasteiger partial charge in [-0.25, -0.2) is 0 Å². The molecule has 0 atom stereocenters. The van der Waals surface area contributed by atoms with Crippen LogP contribution in [0.15, 0.2) is 48.5 Å². The minimum atomic E-state index is -0.138. The van der Waals surface area contributed by atoms with Crippen molar-refractivity contribution in [3.63, 3.8) is 0 Å². The van der Waals surface area contributed by atoms with Gasteiger partial charge < -0.3 is 10.2 Å². The third-order valence-corrected chi connectivity index (χ3v) is 2.36. The SMILES string of the molecule is OCc1ccc(-c2ccccc2)cc1O. The molecule has 2 aromatic carbocycles. The van der Waals surface area contributed by atoms with Gasteiger partial charge in [0.05, 0.1) is 6.61 Å². The van der Waals surface area contributed by atoms with Crippen LogP contribution in [-0.2, 0) is 6.61 Å². The van der Waals surface area contributed by atoms with Crippen LogP contribution in [0.4, 0.5) is 0 Å². The fourth-order valence-corrected chi connectivity index (χ4v) is 1.51. The Labute approximate surface area is 88.4 Å². The van der Waals surface area contributed by atoms with Crippen LogP contribution in [-0.4, -0.2) is 10.2 Å². The van der Waals surface area contributed by atoms with E-state index in [1.165, 1.54) is 0 Å². The second-order valence-electron chi connectivity index (χ2n) is 3.37. The molecule has 0 aliphatic heterocycles. The average molecular weight is 200 g/mol. The van der Waals surface area contributed by atoms with Gasteiger partial charge >= 0.3 is 0 Å². The number of aliphatic hydroxyl groups excluding tert-OH is 1. The van der Waals surface area contributed by atoms with E-state index in [4.69, 9.17) is 5.11 Å². The summed E-state index contributed by atoms with van der Waals surface area (Å²) in [7, 11) is 0. The van der Waals surface area contributed by atoms with E-state index in [-0.39, 0.29) is 12.4 Å². The molecule has 0 saturated carbocycles. The highest BCUT2D eigenvalue weighted by molar-refractivity contribution is 5.65. The van der Waals surface area contributed by atoms with Crippen LogP contribution in [0.25, 0.3) is 11.1 Å². The Balaban J connectivity index is 2.43. The second kappa shape index (κ2) is 4.15. The summed E-state index contributed by atoms with van der Waals surface area (Å²) in [4.78, 5) is 0. The lowest BCUT2D eigenvalue weighted by molar-refractivity contribution is 0.275. The molecule has 0 radical (unpaired) electrons. The summed E-state index contributed by atoms with van der Waals surface area (Å²) in [6, 6.07) is 15.1. The highest BCUT2D eigenvalue weighted by atomic mass is 16.3. The third-order valence-electron chi connectivity index (χ3n) is 2.36. The van der Waals surface area contributed by atoms with E-state index in [0.29, 0.717) is 5.56 Å². The lowest BCUT2D eigenvalue weighted by atomic mass is 10.0. The monoisotopic (exact) mass is 200 g/mol. The normalized spacial score (nSPS) is 10.2. The molecule has 2 rings (SSSR count). The molecule has 0 aliphatic carbocycles. The first-order chi connectivity index (χ1) is 7.31. The zero-order chi connectivity index (χ0) is 10.7. The van der Waals surface area contributed by atoms with Crippen molar-refractivity contribution in [1.82, 2.24) is 0 Å². The fourth-order valence-electron chi connectivity index (χ4n) is 1.51. The molecule has 0 spiro atoms. The summed E-state index contributed by atoms with van der Waals surface area (Å²) in [6.45, 7) is -0.138. The predicted octanol–water partition coefficient (Wildman–Crippen LogP) is 2.55. The van der Waals surface area contributed by atoms with Gasteiger partial charge in [-0.2, -0.15) is 0 Å². The average Bonchev–Trinajstić information content (AvgIpc) is 2.30. The van der Waals surface area contributed by atoms with E-state index in [0.717, 1.165) is 11.1 Å². The van der Waals surface area contributed by atoms with Gasteiger partial charge in [0.2, 0.25) is 0 Å². The Bertz CT molecular complexity index is 449. The smallest absolute Gasteiger partial charge is 0.121 e. The van der Waals surface area contributed by atoms with E-state index in [9.17, 15) is 5.11 Å². The van der Waals surface area contributed by atoms with Gasteiger partial charge in [0.25, 0.3) is 0 Å². The van der Waals surface area contributed by atoms with Crippen molar-refractivity contribution >= 4 is 0 Å². The molecule has 2 N–H and O–H groups in total. The molecular weight excluding hydrogens is 188 g/mol. The van der Waals surface area contributed by atoms with Crippen LogP contribution in [0, 0.1) is 0 Å². The van der Waals surface area contributed by atoms with Crippen LogP contribution in [0.1, 0.15) is 5.56 Å². The number of rotatable bonds is 2. The molecule has 76 valence electrons. The van der Waals surface area contributed by atoms with Crippen LogP contribution in [0.2, 0.25) is 0 Å². The molecule has 0 amide bonds. The Morgan fingerprint density at radius 2 is 1.60 bits per heavy atom. The lowest BCUT2D eigenvalue weighted by Crippen LogP contribution is -1.85. The Hall–Kier alpha value is -1.80. The van der Waals surface area contributed by atoms with Crippen molar-refractivity contribution in [2.45, 2.75) is 6.61 Å². The van der Waals surface area contributed by atoms with E-state index in [1.807, 2.05) is 36.4 Å². The quantitative estimate of drug-likeness (QED) is 0.782. The highest BCUT2D eigenvalue weighted by Crippen LogP contribution is 2.26. The molecule has 0 unspecified atom stereocenters. The van der Waals surface area contributed by atoms with Crippen molar-refractivity contribution in [1.29, 1.82) is 0 Å². The summed E-state index contributed by atoms with van der Waals surface area (Å²) in [5, 5.41) is 18.5. The molecule has 2 heteroatoms. The van der Waals surface area contributed by atoms with Crippen LogP contribution in [0.5, 0.6) is 5.75 Å². The zero-order valence-corrected chi connectivity index (χ0v) is 8.22. The summed E-state index contributed by atoms with van der Waals surface area (Å²) < 4.78 is 0. The number of hydrogen-bond acceptors (Lipinski definition) is 2. The van der Waals surface area contributed by atoms with Crippen LogP contribution in [0.3, 0.4) is 0 Å². The number of hydrogen-bond donors (Lipinski definition) is 2. The van der Waals surface area contributed by atoms with E-state index >= 15 is 0 Å². The Morgan fingerprint density at radius 3 is 2.20 bits per heavy atom. The standard InChI is InChI=1S/C13H12O2/c14-9-12-7-6-11(8-13(12)15)10-4-2-1-3-5-10/h1-8,14-15H,9H2. The first-order valence-corrected chi connectivity index (χ1v) is 4.79. The van der Waals surface area contributed by atoms with Crippen molar-refractivity contribution in [3.05, 3.63) is 54.1 Å². The minimum Gasteiger partial charge on any atom is -0.508 e. The van der Waals surface area contributed by atoms with Gasteiger partial charge in [-0.15, -0.1) is 0 Å². The van der Waals surface area contributed by atoms with Crippen molar-refractivity contribution in [2.24, 2.45) is 0 Å². The maximum absolute atomic E-state index is 9.59. The van der Waals surface area contributed by atoms with Crippen molar-refractivity contribution in [2.75, 3.05) is 0 Å². The first kappa shape index (κ1) is 9.74. The Kier molecular flexibility index (Phi) is 2.70. The largest absolute Gasteiger partial charge is 0.508 e. The summed E-state index contributed by atoms with van der Waals surface area (Å²) in [6.07, 6.45) is 0. The van der Waals surface area contributed by atoms with Gasteiger partial charge in [-0.1, -0.05) is 42.5 Å². The predicted molar refractivity (Wildman–Crippen MR) is 59.5 cm³/mol. The van der Waals surface area contributed by atoms with Gasteiger partial charge in [0.1, 0.15) is 5.75 Å². The zero-order valence-electron chi connectivity index (χ0n) is 8.22. The number of benzene rings is 2. The van der Waals surface area contributed by atoms with Gasteiger partial charge in [0.15, 0.2) is 0 Å². The van der Waals surface area contributed by atoms with Gasteiger partial charge in [-0.05, 0) is 17.2 Å². The van der Waals surface area contributed by atoms with Crippen molar-refractivity contribution < 1.29 is 10.2 Å². The highest BCUT2D eigenvalue weighted by Gasteiger charge is 2.02. The maximum atomic E-state index is 9.59. The molecular formula is C13H12O2. The molecule has 15 heavy (non-hydrogen) atoms. The summed E-state index contributed by atoms with van der Waals surface area (Å²) in [5.74, 6) is 0.138. The van der Waals surface area contributed by atoms with Gasteiger partial charge in [-0.3, -0.25) is 0 Å². The molecule has 0 fully saturated rings. The third kappa shape index (κ3) is 2.00. The maximum Gasteiger partial charge on any atom is 0.121 e. The molecule has 0 bridgehead atoms. The van der Waals surface area contributed by atoms with Crippen LogP contribution >= 0.6 is 0 Å².